The third kappa shape index (κ3) is 3.27. The quantitative estimate of drug-likeness (QED) is 0.933. The van der Waals surface area contributed by atoms with E-state index in [1.165, 1.54) is 6.07 Å². The maximum Gasteiger partial charge on any atom is 0.259 e. The van der Waals surface area contributed by atoms with E-state index >= 15 is 0 Å². The molecule has 1 aliphatic rings. The van der Waals surface area contributed by atoms with E-state index in [0.717, 1.165) is 12.8 Å². The second-order valence-corrected chi connectivity index (χ2v) is 6.11. The van der Waals surface area contributed by atoms with Gasteiger partial charge in [0.1, 0.15) is 17.1 Å². The molecule has 128 valence electrons. The molecule has 0 aliphatic carbocycles. The maximum atomic E-state index is 13.7. The van der Waals surface area contributed by atoms with Crippen molar-refractivity contribution in [1.29, 1.82) is 0 Å². The van der Waals surface area contributed by atoms with E-state index in [0.29, 0.717) is 42.2 Å². The Morgan fingerprint density at radius 3 is 2.75 bits per heavy atom. The van der Waals surface area contributed by atoms with Crippen LogP contribution in [0.1, 0.15) is 41.6 Å². The van der Waals surface area contributed by atoms with Gasteiger partial charge in [-0.2, -0.15) is 0 Å². The molecule has 1 amide bonds. The Morgan fingerprint density at radius 2 is 2.08 bits per heavy atom. The molecule has 1 saturated heterocycles. The van der Waals surface area contributed by atoms with Crippen molar-refractivity contribution in [1.82, 2.24) is 10.1 Å². The standard InChI is InChI=1S/C18H22FN3O2/c1-3-16-17(12(2)21-24-16)18(23)22-10-8-13(9-11-22)20-15-7-5-4-6-14(15)19/h4-7,13,20H,3,8-11H2,1-2H3. The fourth-order valence-electron chi connectivity index (χ4n) is 3.12. The van der Waals surface area contributed by atoms with Crippen LogP contribution in [0.5, 0.6) is 0 Å². The Morgan fingerprint density at radius 1 is 1.38 bits per heavy atom. The second-order valence-electron chi connectivity index (χ2n) is 6.11. The Labute approximate surface area is 140 Å². The van der Waals surface area contributed by atoms with Gasteiger partial charge in [0.2, 0.25) is 0 Å². The first-order valence-electron chi connectivity index (χ1n) is 8.35. The van der Waals surface area contributed by atoms with Crippen molar-refractivity contribution in [2.45, 2.75) is 39.2 Å². The average molecular weight is 331 g/mol. The van der Waals surface area contributed by atoms with Crippen molar-refractivity contribution in [3.8, 4) is 0 Å². The van der Waals surface area contributed by atoms with E-state index in [1.807, 2.05) is 17.9 Å². The van der Waals surface area contributed by atoms with Gasteiger partial charge in [0.15, 0.2) is 0 Å². The van der Waals surface area contributed by atoms with Crippen molar-refractivity contribution in [2.75, 3.05) is 18.4 Å². The van der Waals surface area contributed by atoms with Crippen LogP contribution >= 0.6 is 0 Å². The molecule has 0 bridgehead atoms. The minimum absolute atomic E-state index is 0.0186. The molecule has 5 nitrogen and oxygen atoms in total. The molecule has 2 aromatic rings. The van der Waals surface area contributed by atoms with E-state index in [1.54, 1.807) is 19.1 Å². The Bertz CT molecular complexity index is 721. The Balaban J connectivity index is 1.62. The Hall–Kier alpha value is -2.37. The highest BCUT2D eigenvalue weighted by molar-refractivity contribution is 5.96. The fraction of sp³-hybridized carbons (Fsp3) is 0.444. The van der Waals surface area contributed by atoms with E-state index in [4.69, 9.17) is 4.52 Å². The predicted octanol–water partition coefficient (Wildman–Crippen LogP) is 3.40. The smallest absolute Gasteiger partial charge is 0.259 e. The summed E-state index contributed by atoms with van der Waals surface area (Å²) in [5.74, 6) is 0.378. The van der Waals surface area contributed by atoms with Gasteiger partial charge < -0.3 is 14.7 Å². The van der Waals surface area contributed by atoms with E-state index in [-0.39, 0.29) is 17.8 Å². The number of hydrogen-bond donors (Lipinski definition) is 1. The zero-order valence-electron chi connectivity index (χ0n) is 14.0. The van der Waals surface area contributed by atoms with Gasteiger partial charge >= 0.3 is 0 Å². The lowest BCUT2D eigenvalue weighted by atomic mass is 10.0. The van der Waals surface area contributed by atoms with Crippen LogP contribution in [0, 0.1) is 12.7 Å². The lowest BCUT2D eigenvalue weighted by molar-refractivity contribution is 0.0715. The minimum Gasteiger partial charge on any atom is -0.380 e. The fourth-order valence-corrected chi connectivity index (χ4v) is 3.12. The first kappa shape index (κ1) is 16.5. The highest BCUT2D eigenvalue weighted by Crippen LogP contribution is 2.22. The van der Waals surface area contributed by atoms with Gasteiger partial charge in [-0.25, -0.2) is 4.39 Å². The van der Waals surface area contributed by atoms with Crippen molar-refractivity contribution in [3.63, 3.8) is 0 Å². The Kier molecular flexibility index (Phi) is 4.83. The third-order valence-electron chi connectivity index (χ3n) is 4.48. The largest absolute Gasteiger partial charge is 0.380 e. The van der Waals surface area contributed by atoms with Gasteiger partial charge in [0, 0.05) is 25.6 Å². The molecular formula is C18H22FN3O2. The predicted molar refractivity (Wildman–Crippen MR) is 89.6 cm³/mol. The number of amides is 1. The molecule has 24 heavy (non-hydrogen) atoms. The molecule has 6 heteroatoms. The van der Waals surface area contributed by atoms with Gasteiger partial charge in [-0.15, -0.1) is 0 Å². The molecule has 1 aromatic carbocycles. The van der Waals surface area contributed by atoms with Gasteiger partial charge in [-0.3, -0.25) is 4.79 Å². The summed E-state index contributed by atoms with van der Waals surface area (Å²) >= 11 is 0. The number of para-hydroxylation sites is 1. The average Bonchev–Trinajstić information content (AvgIpc) is 2.98. The number of likely N-dealkylation sites (tertiary alicyclic amines) is 1. The molecule has 0 atom stereocenters. The number of aryl methyl sites for hydroxylation is 2. The molecule has 1 aromatic heterocycles. The van der Waals surface area contributed by atoms with Crippen LogP contribution < -0.4 is 5.32 Å². The number of anilines is 1. The zero-order chi connectivity index (χ0) is 17.1. The monoisotopic (exact) mass is 331 g/mol. The van der Waals surface area contributed by atoms with Crippen molar-refractivity contribution in [3.05, 3.63) is 47.1 Å². The van der Waals surface area contributed by atoms with Crippen LogP contribution in [-0.4, -0.2) is 35.1 Å². The second kappa shape index (κ2) is 7.03. The normalized spacial score (nSPS) is 15.5. The lowest BCUT2D eigenvalue weighted by Crippen LogP contribution is -2.42. The maximum absolute atomic E-state index is 13.7. The molecule has 2 heterocycles. The number of carbonyl (C=O) groups is 1. The molecule has 0 unspecified atom stereocenters. The van der Waals surface area contributed by atoms with E-state index < -0.39 is 0 Å². The van der Waals surface area contributed by atoms with Crippen LogP contribution in [-0.2, 0) is 6.42 Å². The summed E-state index contributed by atoms with van der Waals surface area (Å²) in [4.78, 5) is 14.6. The summed E-state index contributed by atoms with van der Waals surface area (Å²) in [6.45, 7) is 5.02. The van der Waals surface area contributed by atoms with Gasteiger partial charge in [0.05, 0.1) is 11.4 Å². The third-order valence-corrected chi connectivity index (χ3v) is 4.48. The highest BCUT2D eigenvalue weighted by atomic mass is 19.1. The topological polar surface area (TPSA) is 58.4 Å². The van der Waals surface area contributed by atoms with Gasteiger partial charge in [-0.05, 0) is 31.9 Å². The first-order valence-corrected chi connectivity index (χ1v) is 8.35. The van der Waals surface area contributed by atoms with Crippen LogP contribution in [0.25, 0.3) is 0 Å². The molecule has 0 spiro atoms. The molecule has 1 N–H and O–H groups in total. The molecule has 0 saturated carbocycles. The summed E-state index contributed by atoms with van der Waals surface area (Å²) < 4.78 is 18.9. The van der Waals surface area contributed by atoms with Gasteiger partial charge in [-0.1, -0.05) is 24.2 Å². The highest BCUT2D eigenvalue weighted by Gasteiger charge is 2.28. The molecule has 1 fully saturated rings. The number of rotatable bonds is 4. The first-order chi connectivity index (χ1) is 11.6. The van der Waals surface area contributed by atoms with Crippen LogP contribution in [0.15, 0.2) is 28.8 Å². The number of piperidine rings is 1. The summed E-state index contributed by atoms with van der Waals surface area (Å²) in [7, 11) is 0. The van der Waals surface area contributed by atoms with Crippen LogP contribution in [0.2, 0.25) is 0 Å². The van der Waals surface area contributed by atoms with Crippen molar-refractivity contribution >= 4 is 11.6 Å². The molecule has 1 aliphatic heterocycles. The number of nitrogens with zero attached hydrogens (tertiary/aromatic N) is 2. The number of carbonyl (C=O) groups excluding carboxylic acids is 1. The molecular weight excluding hydrogens is 309 g/mol. The number of aromatic nitrogens is 1. The molecule has 3 rings (SSSR count). The van der Waals surface area contributed by atoms with E-state index in [9.17, 15) is 9.18 Å². The van der Waals surface area contributed by atoms with Gasteiger partial charge in [0.25, 0.3) is 5.91 Å². The number of nitrogens with one attached hydrogen (secondary N) is 1. The van der Waals surface area contributed by atoms with Crippen molar-refractivity contribution in [2.24, 2.45) is 0 Å². The minimum atomic E-state index is -0.247. The van der Waals surface area contributed by atoms with E-state index in [2.05, 4.69) is 10.5 Å². The number of benzene rings is 1. The summed E-state index contributed by atoms with van der Waals surface area (Å²) in [6, 6.07) is 6.84. The van der Waals surface area contributed by atoms with Crippen LogP contribution in [0.4, 0.5) is 10.1 Å². The number of hydrogen-bond acceptors (Lipinski definition) is 4. The van der Waals surface area contributed by atoms with Crippen molar-refractivity contribution < 1.29 is 13.7 Å². The van der Waals surface area contributed by atoms with Crippen LogP contribution in [0.3, 0.4) is 0 Å². The lowest BCUT2D eigenvalue weighted by Gasteiger charge is -2.33. The summed E-state index contributed by atoms with van der Waals surface area (Å²) in [6.07, 6.45) is 2.21. The summed E-state index contributed by atoms with van der Waals surface area (Å²) in [5, 5.41) is 7.14. The SMILES string of the molecule is CCc1onc(C)c1C(=O)N1CCC(Nc2ccccc2F)CC1. The zero-order valence-corrected chi connectivity index (χ0v) is 14.0. The molecule has 0 radical (unpaired) electrons. The summed E-state index contributed by atoms with van der Waals surface area (Å²) in [5.41, 5.74) is 1.76. The number of halogens is 1.